The molecule has 0 bridgehead atoms. The van der Waals surface area contributed by atoms with Crippen molar-refractivity contribution in [1.29, 1.82) is 0 Å². The SMILES string of the molecule is NC1CCNCC1Cc1cccc(Cl)c1. The molecule has 0 saturated carbocycles. The molecule has 1 heterocycles. The number of hydrogen-bond acceptors (Lipinski definition) is 2. The van der Waals surface area contributed by atoms with E-state index in [4.69, 9.17) is 17.3 Å². The van der Waals surface area contributed by atoms with Crippen molar-refractivity contribution >= 4 is 11.6 Å². The molecule has 0 amide bonds. The van der Waals surface area contributed by atoms with Crippen LogP contribution in [0.5, 0.6) is 0 Å². The van der Waals surface area contributed by atoms with E-state index < -0.39 is 0 Å². The predicted molar refractivity (Wildman–Crippen MR) is 64.1 cm³/mol. The highest BCUT2D eigenvalue weighted by molar-refractivity contribution is 6.30. The summed E-state index contributed by atoms with van der Waals surface area (Å²) in [5, 5.41) is 4.20. The lowest BCUT2D eigenvalue weighted by atomic mass is 9.88. The van der Waals surface area contributed by atoms with Crippen molar-refractivity contribution in [2.24, 2.45) is 11.7 Å². The van der Waals surface area contributed by atoms with E-state index in [0.29, 0.717) is 12.0 Å². The zero-order chi connectivity index (χ0) is 10.7. The van der Waals surface area contributed by atoms with E-state index in [-0.39, 0.29) is 0 Å². The largest absolute Gasteiger partial charge is 0.327 e. The molecular weight excluding hydrogens is 208 g/mol. The Balaban J connectivity index is 2.01. The molecule has 0 aromatic heterocycles. The van der Waals surface area contributed by atoms with Crippen LogP contribution in [0.4, 0.5) is 0 Å². The summed E-state index contributed by atoms with van der Waals surface area (Å²) in [6.07, 6.45) is 2.10. The summed E-state index contributed by atoms with van der Waals surface area (Å²) in [6.45, 7) is 2.07. The number of nitrogens with one attached hydrogen (secondary N) is 1. The summed E-state index contributed by atoms with van der Waals surface area (Å²) in [7, 11) is 0. The third-order valence-electron chi connectivity index (χ3n) is 3.05. The number of benzene rings is 1. The van der Waals surface area contributed by atoms with Crippen LogP contribution < -0.4 is 11.1 Å². The van der Waals surface area contributed by atoms with E-state index in [9.17, 15) is 0 Å². The Kier molecular flexibility index (Phi) is 3.62. The Morgan fingerprint density at radius 3 is 3.07 bits per heavy atom. The predicted octanol–water partition coefficient (Wildman–Crippen LogP) is 1.82. The normalized spacial score (nSPS) is 26.5. The highest BCUT2D eigenvalue weighted by atomic mass is 35.5. The molecule has 0 spiro atoms. The zero-order valence-corrected chi connectivity index (χ0v) is 9.50. The van der Waals surface area contributed by atoms with Gasteiger partial charge in [-0.3, -0.25) is 0 Å². The molecule has 2 unspecified atom stereocenters. The third kappa shape index (κ3) is 2.94. The van der Waals surface area contributed by atoms with Crippen molar-refractivity contribution in [2.75, 3.05) is 13.1 Å². The van der Waals surface area contributed by atoms with Crippen molar-refractivity contribution in [1.82, 2.24) is 5.32 Å². The molecule has 3 N–H and O–H groups in total. The first-order valence-corrected chi connectivity index (χ1v) is 5.84. The zero-order valence-electron chi connectivity index (χ0n) is 8.75. The van der Waals surface area contributed by atoms with Crippen LogP contribution in [0.1, 0.15) is 12.0 Å². The van der Waals surface area contributed by atoms with E-state index in [2.05, 4.69) is 11.4 Å². The first kappa shape index (κ1) is 10.9. The van der Waals surface area contributed by atoms with Crippen molar-refractivity contribution in [3.05, 3.63) is 34.9 Å². The second kappa shape index (κ2) is 4.97. The average molecular weight is 225 g/mol. The topological polar surface area (TPSA) is 38.0 Å². The van der Waals surface area contributed by atoms with Gasteiger partial charge in [-0.05, 0) is 49.5 Å². The van der Waals surface area contributed by atoms with Gasteiger partial charge in [0.2, 0.25) is 0 Å². The van der Waals surface area contributed by atoms with Crippen molar-refractivity contribution in [2.45, 2.75) is 18.9 Å². The van der Waals surface area contributed by atoms with Gasteiger partial charge < -0.3 is 11.1 Å². The first-order chi connectivity index (χ1) is 7.25. The summed E-state index contributed by atoms with van der Waals surface area (Å²) in [5.74, 6) is 0.539. The monoisotopic (exact) mass is 224 g/mol. The highest BCUT2D eigenvalue weighted by Gasteiger charge is 2.21. The van der Waals surface area contributed by atoms with Gasteiger partial charge in [0.15, 0.2) is 0 Å². The van der Waals surface area contributed by atoms with Gasteiger partial charge in [0.25, 0.3) is 0 Å². The van der Waals surface area contributed by atoms with E-state index in [1.54, 1.807) is 0 Å². The lowest BCUT2D eigenvalue weighted by molar-refractivity contribution is 0.324. The molecular formula is C12H17ClN2. The van der Waals surface area contributed by atoms with Gasteiger partial charge in [0, 0.05) is 11.1 Å². The lowest BCUT2D eigenvalue weighted by Gasteiger charge is -2.29. The fraction of sp³-hybridized carbons (Fsp3) is 0.500. The van der Waals surface area contributed by atoms with Gasteiger partial charge in [-0.25, -0.2) is 0 Å². The molecule has 0 aliphatic carbocycles. The van der Waals surface area contributed by atoms with Crippen LogP contribution in [-0.4, -0.2) is 19.1 Å². The Morgan fingerprint density at radius 1 is 1.47 bits per heavy atom. The molecule has 1 fully saturated rings. The molecule has 15 heavy (non-hydrogen) atoms. The highest BCUT2D eigenvalue weighted by Crippen LogP contribution is 2.18. The van der Waals surface area contributed by atoms with Gasteiger partial charge in [0.05, 0.1) is 0 Å². The van der Waals surface area contributed by atoms with Gasteiger partial charge in [-0.15, -0.1) is 0 Å². The van der Waals surface area contributed by atoms with Crippen LogP contribution in [-0.2, 0) is 6.42 Å². The Labute approximate surface area is 95.8 Å². The fourth-order valence-electron chi connectivity index (χ4n) is 2.13. The molecule has 82 valence electrons. The molecule has 2 nitrogen and oxygen atoms in total. The van der Waals surface area contributed by atoms with Crippen LogP contribution in [0.15, 0.2) is 24.3 Å². The van der Waals surface area contributed by atoms with Crippen LogP contribution in [0, 0.1) is 5.92 Å². The fourth-order valence-corrected chi connectivity index (χ4v) is 2.35. The minimum Gasteiger partial charge on any atom is -0.327 e. The van der Waals surface area contributed by atoms with Crippen molar-refractivity contribution < 1.29 is 0 Å². The lowest BCUT2D eigenvalue weighted by Crippen LogP contribution is -2.45. The molecule has 2 atom stereocenters. The number of piperidine rings is 1. The smallest absolute Gasteiger partial charge is 0.0408 e. The van der Waals surface area contributed by atoms with Crippen LogP contribution in [0.3, 0.4) is 0 Å². The van der Waals surface area contributed by atoms with Gasteiger partial charge in [0.1, 0.15) is 0 Å². The summed E-state index contributed by atoms with van der Waals surface area (Å²) in [4.78, 5) is 0. The maximum absolute atomic E-state index is 6.09. The summed E-state index contributed by atoms with van der Waals surface area (Å²) in [5.41, 5.74) is 7.38. The molecule has 1 saturated heterocycles. The maximum atomic E-state index is 6.09. The summed E-state index contributed by atoms with van der Waals surface area (Å²) in [6, 6.07) is 8.38. The van der Waals surface area contributed by atoms with Crippen LogP contribution >= 0.6 is 11.6 Å². The first-order valence-electron chi connectivity index (χ1n) is 5.46. The number of rotatable bonds is 2. The number of hydrogen-bond donors (Lipinski definition) is 2. The Morgan fingerprint density at radius 2 is 2.33 bits per heavy atom. The van der Waals surface area contributed by atoms with E-state index in [1.165, 1.54) is 5.56 Å². The standard InChI is InChI=1S/C12H17ClN2/c13-11-3-1-2-9(7-11)6-10-8-15-5-4-12(10)14/h1-3,7,10,12,15H,4-6,8,14H2. The quantitative estimate of drug-likeness (QED) is 0.805. The Bertz CT molecular complexity index is 327. The second-order valence-corrected chi connectivity index (χ2v) is 4.69. The molecule has 1 aromatic rings. The van der Waals surface area contributed by atoms with Crippen LogP contribution in [0.25, 0.3) is 0 Å². The van der Waals surface area contributed by atoms with E-state index in [1.807, 2.05) is 18.2 Å². The third-order valence-corrected chi connectivity index (χ3v) is 3.29. The van der Waals surface area contributed by atoms with Crippen molar-refractivity contribution in [3.63, 3.8) is 0 Å². The van der Waals surface area contributed by atoms with Gasteiger partial charge >= 0.3 is 0 Å². The Hall–Kier alpha value is -0.570. The summed E-state index contributed by atoms with van der Waals surface area (Å²) >= 11 is 5.95. The van der Waals surface area contributed by atoms with Gasteiger partial charge in [-0.1, -0.05) is 23.7 Å². The van der Waals surface area contributed by atoms with Gasteiger partial charge in [-0.2, -0.15) is 0 Å². The van der Waals surface area contributed by atoms with E-state index in [0.717, 1.165) is 31.0 Å². The molecule has 3 heteroatoms. The number of nitrogens with two attached hydrogens (primary N) is 1. The minimum absolute atomic E-state index is 0.324. The number of halogens is 1. The molecule has 2 rings (SSSR count). The average Bonchev–Trinajstić information content (AvgIpc) is 2.22. The summed E-state index contributed by atoms with van der Waals surface area (Å²) < 4.78 is 0. The van der Waals surface area contributed by atoms with Crippen molar-refractivity contribution in [3.8, 4) is 0 Å². The van der Waals surface area contributed by atoms with E-state index >= 15 is 0 Å². The maximum Gasteiger partial charge on any atom is 0.0408 e. The minimum atomic E-state index is 0.324. The second-order valence-electron chi connectivity index (χ2n) is 4.25. The van der Waals surface area contributed by atoms with Crippen LogP contribution in [0.2, 0.25) is 5.02 Å². The molecule has 1 aliphatic rings. The molecule has 1 aromatic carbocycles. The molecule has 1 aliphatic heterocycles. The molecule has 0 radical (unpaired) electrons.